The van der Waals surface area contributed by atoms with Crippen molar-refractivity contribution in [3.63, 3.8) is 0 Å². The summed E-state index contributed by atoms with van der Waals surface area (Å²) in [6.45, 7) is 3.18. The van der Waals surface area contributed by atoms with Gasteiger partial charge in [0.25, 0.3) is 0 Å². The maximum Gasteiger partial charge on any atom is 0.211 e. The lowest BCUT2D eigenvalue weighted by Crippen LogP contribution is -2.27. The Morgan fingerprint density at radius 2 is 1.95 bits per heavy atom. The topological polar surface area (TPSA) is 64.0 Å². The number of hydrogen-bond donors (Lipinski definition) is 1. The molecular formula is C16H23N3O2S. The summed E-state index contributed by atoms with van der Waals surface area (Å²) in [4.78, 5) is 4.38. The van der Waals surface area contributed by atoms with E-state index in [1.54, 1.807) is 6.20 Å². The third-order valence-electron chi connectivity index (χ3n) is 3.41. The van der Waals surface area contributed by atoms with Gasteiger partial charge in [0, 0.05) is 31.0 Å². The summed E-state index contributed by atoms with van der Waals surface area (Å²) in [5, 5.41) is 0. The Balaban J connectivity index is 1.85. The number of nitrogens with zero attached hydrogens (tertiary/aromatic N) is 2. The molecule has 0 atom stereocenters. The lowest BCUT2D eigenvalue weighted by Gasteiger charge is -2.09. The Morgan fingerprint density at radius 1 is 1.18 bits per heavy atom. The molecule has 0 spiro atoms. The minimum Gasteiger partial charge on any atom is -0.331 e. The molecule has 0 bridgehead atoms. The van der Waals surface area contributed by atoms with Crippen LogP contribution < -0.4 is 4.72 Å². The van der Waals surface area contributed by atoms with Crippen molar-refractivity contribution in [2.24, 2.45) is 0 Å². The van der Waals surface area contributed by atoms with E-state index in [9.17, 15) is 8.42 Å². The molecule has 0 aliphatic carbocycles. The first-order valence-corrected chi connectivity index (χ1v) is 9.31. The Hall–Kier alpha value is -1.66. The fraction of sp³-hybridized carbons (Fsp3) is 0.438. The van der Waals surface area contributed by atoms with Crippen molar-refractivity contribution < 1.29 is 8.42 Å². The Labute approximate surface area is 132 Å². The van der Waals surface area contributed by atoms with Crippen LogP contribution in [0.1, 0.15) is 26.2 Å². The third kappa shape index (κ3) is 4.96. The van der Waals surface area contributed by atoms with E-state index in [1.807, 2.05) is 43.5 Å². The number of hydrogen-bond acceptors (Lipinski definition) is 3. The van der Waals surface area contributed by atoms with Crippen molar-refractivity contribution in [1.29, 1.82) is 0 Å². The predicted molar refractivity (Wildman–Crippen MR) is 89.0 cm³/mol. The van der Waals surface area contributed by atoms with Crippen LogP contribution in [0.5, 0.6) is 0 Å². The van der Waals surface area contributed by atoms with Crippen molar-refractivity contribution >= 4 is 10.0 Å². The van der Waals surface area contributed by atoms with E-state index in [1.165, 1.54) is 0 Å². The van der Waals surface area contributed by atoms with Crippen LogP contribution in [0.25, 0.3) is 11.4 Å². The number of aryl methyl sites for hydroxylation is 1. The van der Waals surface area contributed by atoms with Crippen molar-refractivity contribution in [1.82, 2.24) is 14.3 Å². The predicted octanol–water partition coefficient (Wildman–Crippen LogP) is 2.66. The summed E-state index contributed by atoms with van der Waals surface area (Å²) in [7, 11) is -3.12. The van der Waals surface area contributed by atoms with Crippen molar-refractivity contribution in [3.05, 3.63) is 42.7 Å². The van der Waals surface area contributed by atoms with Crippen LogP contribution in [-0.2, 0) is 16.6 Å². The molecule has 0 aliphatic rings. The van der Waals surface area contributed by atoms with Gasteiger partial charge in [0.05, 0.1) is 5.75 Å². The lowest BCUT2D eigenvalue weighted by molar-refractivity contribution is 0.567. The smallest absolute Gasteiger partial charge is 0.211 e. The van der Waals surface area contributed by atoms with Gasteiger partial charge >= 0.3 is 0 Å². The molecule has 0 amide bonds. The summed E-state index contributed by atoms with van der Waals surface area (Å²) in [6.07, 6.45) is 6.02. The summed E-state index contributed by atoms with van der Waals surface area (Å²) in [6, 6.07) is 9.98. The van der Waals surface area contributed by atoms with E-state index in [0.717, 1.165) is 30.8 Å². The molecule has 2 aromatic rings. The highest BCUT2D eigenvalue weighted by Gasteiger charge is 2.09. The molecule has 1 aromatic heterocycles. The summed E-state index contributed by atoms with van der Waals surface area (Å²) in [5.74, 6) is 1.12. The van der Waals surface area contributed by atoms with E-state index < -0.39 is 10.0 Å². The number of aromatic nitrogens is 2. The number of rotatable bonds is 9. The normalized spacial score (nSPS) is 11.7. The SMILES string of the molecule is CCCCS(=O)(=O)NCCCn1ccnc1-c1ccccc1. The fourth-order valence-corrected chi connectivity index (χ4v) is 3.49. The maximum atomic E-state index is 11.7. The second kappa shape index (κ2) is 8.10. The molecule has 0 aliphatic heterocycles. The van der Waals surface area contributed by atoms with E-state index in [2.05, 4.69) is 14.3 Å². The molecule has 2 rings (SSSR count). The molecule has 0 unspecified atom stereocenters. The summed E-state index contributed by atoms with van der Waals surface area (Å²) >= 11 is 0. The summed E-state index contributed by atoms with van der Waals surface area (Å²) < 4.78 is 28.1. The molecule has 1 N–H and O–H groups in total. The molecule has 0 fully saturated rings. The zero-order valence-corrected chi connectivity index (χ0v) is 13.7. The Bertz CT molecular complexity index is 666. The average molecular weight is 321 g/mol. The second-order valence-corrected chi connectivity index (χ2v) is 7.16. The summed E-state index contributed by atoms with van der Waals surface area (Å²) in [5.41, 5.74) is 1.07. The highest BCUT2D eigenvalue weighted by atomic mass is 32.2. The number of benzene rings is 1. The number of nitrogens with one attached hydrogen (secondary N) is 1. The number of imidazole rings is 1. The zero-order valence-electron chi connectivity index (χ0n) is 12.9. The molecule has 0 radical (unpaired) electrons. The maximum absolute atomic E-state index is 11.7. The van der Waals surface area contributed by atoms with Gasteiger partial charge in [-0.05, 0) is 12.8 Å². The van der Waals surface area contributed by atoms with Crippen LogP contribution >= 0.6 is 0 Å². The second-order valence-electron chi connectivity index (χ2n) is 5.23. The Kier molecular flexibility index (Phi) is 6.15. The molecule has 1 aromatic carbocycles. The molecule has 5 nitrogen and oxygen atoms in total. The molecule has 6 heteroatoms. The van der Waals surface area contributed by atoms with Crippen molar-refractivity contribution in [3.8, 4) is 11.4 Å². The first kappa shape index (κ1) is 16.7. The van der Waals surface area contributed by atoms with Gasteiger partial charge in [0.15, 0.2) is 0 Å². The first-order chi connectivity index (χ1) is 10.6. The lowest BCUT2D eigenvalue weighted by atomic mass is 10.2. The van der Waals surface area contributed by atoms with Gasteiger partial charge in [-0.2, -0.15) is 0 Å². The quantitative estimate of drug-likeness (QED) is 0.722. The number of sulfonamides is 1. The van der Waals surface area contributed by atoms with Gasteiger partial charge < -0.3 is 4.57 Å². The highest BCUT2D eigenvalue weighted by Crippen LogP contribution is 2.16. The van der Waals surface area contributed by atoms with Gasteiger partial charge in [0.2, 0.25) is 10.0 Å². The largest absolute Gasteiger partial charge is 0.331 e. The first-order valence-electron chi connectivity index (χ1n) is 7.66. The third-order valence-corrected chi connectivity index (χ3v) is 4.88. The standard InChI is InChI=1S/C16H23N3O2S/c1-2-3-14-22(20,21)18-10-7-12-19-13-11-17-16(19)15-8-5-4-6-9-15/h4-6,8-9,11,13,18H,2-3,7,10,12,14H2,1H3. The number of unbranched alkanes of at least 4 members (excludes halogenated alkanes) is 1. The average Bonchev–Trinajstić information content (AvgIpc) is 2.99. The van der Waals surface area contributed by atoms with Crippen LogP contribution in [0.3, 0.4) is 0 Å². The van der Waals surface area contributed by atoms with E-state index >= 15 is 0 Å². The molecule has 22 heavy (non-hydrogen) atoms. The van der Waals surface area contributed by atoms with E-state index in [0.29, 0.717) is 13.0 Å². The van der Waals surface area contributed by atoms with Crippen LogP contribution in [0.4, 0.5) is 0 Å². The minimum absolute atomic E-state index is 0.212. The monoisotopic (exact) mass is 321 g/mol. The van der Waals surface area contributed by atoms with E-state index in [-0.39, 0.29) is 5.75 Å². The van der Waals surface area contributed by atoms with Crippen molar-refractivity contribution in [2.45, 2.75) is 32.7 Å². The zero-order chi connectivity index (χ0) is 15.8. The molecule has 1 heterocycles. The van der Waals surface area contributed by atoms with Crippen LogP contribution in [0, 0.1) is 0 Å². The molecule has 0 saturated heterocycles. The van der Waals surface area contributed by atoms with Crippen LogP contribution in [0.2, 0.25) is 0 Å². The molecule has 120 valence electrons. The van der Waals surface area contributed by atoms with Gasteiger partial charge in [-0.15, -0.1) is 0 Å². The highest BCUT2D eigenvalue weighted by molar-refractivity contribution is 7.89. The van der Waals surface area contributed by atoms with Crippen LogP contribution in [-0.4, -0.2) is 30.3 Å². The molecule has 0 saturated carbocycles. The minimum atomic E-state index is -3.12. The van der Waals surface area contributed by atoms with Gasteiger partial charge in [0.1, 0.15) is 5.82 Å². The van der Waals surface area contributed by atoms with Crippen LogP contribution in [0.15, 0.2) is 42.7 Å². The van der Waals surface area contributed by atoms with Gasteiger partial charge in [-0.1, -0.05) is 43.7 Å². The van der Waals surface area contributed by atoms with Gasteiger partial charge in [-0.25, -0.2) is 18.1 Å². The fourth-order valence-electron chi connectivity index (χ4n) is 2.22. The van der Waals surface area contributed by atoms with E-state index in [4.69, 9.17) is 0 Å². The van der Waals surface area contributed by atoms with Crippen molar-refractivity contribution in [2.75, 3.05) is 12.3 Å². The Morgan fingerprint density at radius 3 is 2.68 bits per heavy atom. The van der Waals surface area contributed by atoms with Gasteiger partial charge in [-0.3, -0.25) is 0 Å². The molecular weight excluding hydrogens is 298 g/mol.